The van der Waals surface area contributed by atoms with E-state index in [0.717, 1.165) is 19.2 Å². The summed E-state index contributed by atoms with van der Waals surface area (Å²) >= 11 is 0. The first-order valence-electron chi connectivity index (χ1n) is 4.66. The molecule has 0 saturated heterocycles. The van der Waals surface area contributed by atoms with Crippen LogP contribution >= 0.6 is 0 Å². The minimum Gasteiger partial charge on any atom is -0.459 e. The highest BCUT2D eigenvalue weighted by Gasteiger charge is 2.39. The molecule has 1 rings (SSSR count). The molecule has 0 radical (unpaired) electrons. The van der Waals surface area contributed by atoms with E-state index in [1.54, 1.807) is 0 Å². The van der Waals surface area contributed by atoms with E-state index >= 15 is 0 Å². The Morgan fingerprint density at radius 1 is 1.28 bits per heavy atom. The highest BCUT2D eigenvalue weighted by atomic mass is 19.4. The molecule has 94 valence electrons. The van der Waals surface area contributed by atoms with E-state index in [9.17, 15) is 22.8 Å². The Kier molecular flexibility index (Phi) is 4.10. The van der Waals surface area contributed by atoms with Gasteiger partial charge in [-0.15, -0.1) is 0 Å². The van der Waals surface area contributed by atoms with E-state index in [4.69, 9.17) is 0 Å². The first-order valence-corrected chi connectivity index (χ1v) is 4.66. The topological polar surface area (TPSA) is 43.4 Å². The summed E-state index contributed by atoms with van der Waals surface area (Å²) in [7, 11) is 1.13. The van der Waals surface area contributed by atoms with Crippen molar-refractivity contribution in [3.63, 3.8) is 0 Å². The third kappa shape index (κ3) is 3.63. The Labute approximate surface area is 101 Å². The second kappa shape index (κ2) is 5.36. The Morgan fingerprint density at radius 3 is 2.50 bits per heavy atom. The van der Waals surface area contributed by atoms with Crippen LogP contribution in [0.25, 0.3) is 0 Å². The molecule has 0 aromatic heterocycles. The number of esters is 1. The van der Waals surface area contributed by atoms with Crippen molar-refractivity contribution in [1.29, 1.82) is 0 Å². The van der Waals surface area contributed by atoms with Gasteiger partial charge in [0.2, 0.25) is 0 Å². The molecule has 0 atom stereocenters. The van der Waals surface area contributed by atoms with Gasteiger partial charge in [-0.2, -0.15) is 13.2 Å². The van der Waals surface area contributed by atoms with Gasteiger partial charge in [0.25, 0.3) is 5.78 Å². The van der Waals surface area contributed by atoms with Crippen molar-refractivity contribution in [2.45, 2.75) is 6.18 Å². The molecule has 0 spiro atoms. The third-order valence-corrected chi connectivity index (χ3v) is 1.88. The Bertz CT molecular complexity index is 535. The van der Waals surface area contributed by atoms with Crippen molar-refractivity contribution < 1.29 is 27.5 Å². The molecule has 6 heteroatoms. The van der Waals surface area contributed by atoms with Gasteiger partial charge in [-0.25, -0.2) is 4.79 Å². The number of ether oxygens (including phenoxy) is 1. The van der Waals surface area contributed by atoms with Crippen molar-refractivity contribution in [2.75, 3.05) is 7.11 Å². The average molecular weight is 256 g/mol. The molecular weight excluding hydrogens is 249 g/mol. The lowest BCUT2D eigenvalue weighted by molar-refractivity contribution is -0.133. The summed E-state index contributed by atoms with van der Waals surface area (Å²) in [5.74, 6) is 1.58. The summed E-state index contributed by atoms with van der Waals surface area (Å²) < 4.78 is 40.8. The fraction of sp³-hybridized carbons (Fsp3) is 0.167. The lowest BCUT2D eigenvalue weighted by atomic mass is 10.1. The summed E-state index contributed by atoms with van der Waals surface area (Å²) in [6, 6.07) is 4.62. The van der Waals surface area contributed by atoms with E-state index in [1.165, 1.54) is 12.1 Å². The molecule has 18 heavy (non-hydrogen) atoms. The van der Waals surface area contributed by atoms with E-state index in [2.05, 4.69) is 10.7 Å². The normalized spacial score (nSPS) is 10.2. The van der Waals surface area contributed by atoms with Crippen LogP contribution in [0.2, 0.25) is 0 Å². The molecule has 1 aromatic rings. The number of Topliss-reactive ketones (excluding diaryl/α,β-unsaturated/α-hetero) is 1. The zero-order valence-electron chi connectivity index (χ0n) is 9.17. The maximum absolute atomic E-state index is 12.2. The Hall–Kier alpha value is -2.29. The number of benzene rings is 1. The molecule has 0 amide bonds. The summed E-state index contributed by atoms with van der Waals surface area (Å²) in [5.41, 5.74) is -0.408. The second-order valence-electron chi connectivity index (χ2n) is 3.15. The summed E-state index contributed by atoms with van der Waals surface area (Å²) in [4.78, 5) is 21.7. The largest absolute Gasteiger partial charge is 0.459 e. The monoisotopic (exact) mass is 256 g/mol. The van der Waals surface area contributed by atoms with E-state index < -0.39 is 23.5 Å². The van der Waals surface area contributed by atoms with Crippen molar-refractivity contribution >= 4 is 11.8 Å². The molecule has 0 heterocycles. The van der Waals surface area contributed by atoms with Gasteiger partial charge in [-0.1, -0.05) is 18.1 Å². The fourth-order valence-corrected chi connectivity index (χ4v) is 1.08. The summed E-state index contributed by atoms with van der Waals surface area (Å²) in [5, 5.41) is 0. The SMILES string of the molecule is COC(=O)C#Cc1cccc(C(=O)C(F)(F)F)c1. The Morgan fingerprint density at radius 2 is 1.94 bits per heavy atom. The van der Waals surface area contributed by atoms with Crippen molar-refractivity contribution in [1.82, 2.24) is 0 Å². The maximum Gasteiger partial charge on any atom is 0.454 e. The van der Waals surface area contributed by atoms with E-state index in [-0.39, 0.29) is 5.56 Å². The number of halogens is 3. The zero-order valence-corrected chi connectivity index (χ0v) is 9.17. The van der Waals surface area contributed by atoms with Crippen LogP contribution in [-0.4, -0.2) is 25.0 Å². The number of carbonyl (C=O) groups is 2. The molecule has 0 aliphatic heterocycles. The number of hydrogen-bond acceptors (Lipinski definition) is 3. The summed E-state index contributed by atoms with van der Waals surface area (Å²) in [6.07, 6.45) is -4.94. The molecular formula is C12H7F3O3. The molecule has 0 bridgehead atoms. The summed E-state index contributed by atoms with van der Waals surface area (Å²) in [6.45, 7) is 0. The van der Waals surface area contributed by atoms with E-state index in [1.807, 2.05) is 5.92 Å². The van der Waals surface area contributed by atoms with Crippen LogP contribution in [0.5, 0.6) is 0 Å². The average Bonchev–Trinajstić information content (AvgIpc) is 2.34. The quantitative estimate of drug-likeness (QED) is 0.438. The van der Waals surface area contributed by atoms with Gasteiger partial charge in [0, 0.05) is 17.0 Å². The molecule has 0 unspecified atom stereocenters. The minimum absolute atomic E-state index is 0.121. The number of rotatable bonds is 1. The number of hydrogen-bond donors (Lipinski definition) is 0. The smallest absolute Gasteiger partial charge is 0.454 e. The van der Waals surface area contributed by atoms with Gasteiger partial charge >= 0.3 is 12.1 Å². The van der Waals surface area contributed by atoms with Crippen LogP contribution in [0.15, 0.2) is 24.3 Å². The zero-order chi connectivity index (χ0) is 13.8. The van der Waals surface area contributed by atoms with Gasteiger partial charge < -0.3 is 4.74 Å². The highest BCUT2D eigenvalue weighted by molar-refractivity contribution is 6.00. The lowest BCUT2D eigenvalue weighted by Gasteiger charge is -2.04. The number of carbonyl (C=O) groups excluding carboxylic acids is 2. The van der Waals surface area contributed by atoms with Crippen LogP contribution in [-0.2, 0) is 9.53 Å². The molecule has 0 saturated carbocycles. The van der Waals surface area contributed by atoms with Gasteiger partial charge in [-0.3, -0.25) is 4.79 Å². The van der Waals surface area contributed by atoms with Crippen molar-refractivity contribution in [3.05, 3.63) is 35.4 Å². The van der Waals surface area contributed by atoms with Crippen molar-refractivity contribution in [2.24, 2.45) is 0 Å². The predicted molar refractivity (Wildman–Crippen MR) is 55.7 cm³/mol. The fourth-order valence-electron chi connectivity index (χ4n) is 1.08. The van der Waals surface area contributed by atoms with Gasteiger partial charge in [0.05, 0.1) is 7.11 Å². The van der Waals surface area contributed by atoms with Gasteiger partial charge in [0.15, 0.2) is 0 Å². The van der Waals surface area contributed by atoms with Gasteiger partial charge in [-0.05, 0) is 12.1 Å². The molecule has 0 aliphatic rings. The van der Waals surface area contributed by atoms with Gasteiger partial charge in [0.1, 0.15) is 0 Å². The molecule has 0 fully saturated rings. The first-order chi connectivity index (χ1) is 8.34. The number of methoxy groups -OCH3 is 1. The minimum atomic E-state index is -4.94. The number of alkyl halides is 3. The standard InChI is InChI=1S/C12H7F3O3/c1-18-10(16)6-5-8-3-2-4-9(7-8)11(17)12(13,14)15/h2-4,7H,1H3. The Balaban J connectivity index is 3.03. The molecule has 1 aromatic carbocycles. The maximum atomic E-state index is 12.2. The number of ketones is 1. The molecule has 0 aliphatic carbocycles. The highest BCUT2D eigenvalue weighted by Crippen LogP contribution is 2.21. The van der Waals surface area contributed by atoms with Crippen LogP contribution in [0, 0.1) is 11.8 Å². The van der Waals surface area contributed by atoms with E-state index in [0.29, 0.717) is 0 Å². The van der Waals surface area contributed by atoms with Crippen LogP contribution in [0.1, 0.15) is 15.9 Å². The first kappa shape index (κ1) is 13.8. The predicted octanol–water partition coefficient (Wildman–Crippen LogP) is 1.96. The van der Waals surface area contributed by atoms with Crippen LogP contribution < -0.4 is 0 Å². The lowest BCUT2D eigenvalue weighted by Crippen LogP contribution is -2.22. The van der Waals surface area contributed by atoms with Crippen LogP contribution in [0.4, 0.5) is 13.2 Å². The van der Waals surface area contributed by atoms with Crippen LogP contribution in [0.3, 0.4) is 0 Å². The van der Waals surface area contributed by atoms with Crippen molar-refractivity contribution in [3.8, 4) is 11.8 Å². The second-order valence-corrected chi connectivity index (χ2v) is 3.15. The molecule has 3 nitrogen and oxygen atoms in total. The third-order valence-electron chi connectivity index (χ3n) is 1.88. The molecule has 0 N–H and O–H groups in total.